The van der Waals surface area contributed by atoms with Crippen molar-refractivity contribution >= 4 is 28.5 Å². The van der Waals surface area contributed by atoms with Crippen LogP contribution in [0.25, 0.3) is 11.0 Å². The number of aromatic nitrogens is 4. The summed E-state index contributed by atoms with van der Waals surface area (Å²) in [7, 11) is 0. The Morgan fingerprint density at radius 1 is 1.14 bits per heavy atom. The molecule has 2 aromatic heterocycles. The van der Waals surface area contributed by atoms with E-state index in [2.05, 4.69) is 15.4 Å². The highest BCUT2D eigenvalue weighted by Crippen LogP contribution is 2.27. The lowest BCUT2D eigenvalue weighted by molar-refractivity contribution is -0.126. The molecule has 2 amide bonds. The fourth-order valence-electron chi connectivity index (χ4n) is 4.54. The predicted molar refractivity (Wildman–Crippen MR) is 137 cm³/mol. The highest BCUT2D eigenvalue weighted by molar-refractivity contribution is 6.00. The first-order valence-corrected chi connectivity index (χ1v) is 12.1. The quantitative estimate of drug-likeness (QED) is 0.419. The molecule has 1 aliphatic heterocycles. The topological polar surface area (TPSA) is 102 Å². The van der Waals surface area contributed by atoms with Gasteiger partial charge in [0.2, 0.25) is 11.8 Å². The van der Waals surface area contributed by atoms with Gasteiger partial charge in [0.05, 0.1) is 25.2 Å². The maximum absolute atomic E-state index is 14.0. The molecule has 0 bridgehead atoms. The number of hydrogen-bond donors (Lipinski definition) is 1. The van der Waals surface area contributed by atoms with Crippen molar-refractivity contribution in [3.8, 4) is 0 Å². The Labute approximate surface area is 212 Å². The predicted octanol–water partition coefficient (Wildman–Crippen LogP) is 2.57. The van der Waals surface area contributed by atoms with Crippen LogP contribution in [-0.2, 0) is 22.7 Å². The van der Waals surface area contributed by atoms with Gasteiger partial charge in [-0.1, -0.05) is 24.3 Å². The minimum absolute atomic E-state index is 0.0645. The summed E-state index contributed by atoms with van der Waals surface area (Å²) in [5, 5.41) is 7.44. The number of benzene rings is 2. The van der Waals surface area contributed by atoms with E-state index in [1.165, 1.54) is 23.2 Å². The fraction of sp³-hybridized carbons (Fsp3) is 0.296. The summed E-state index contributed by atoms with van der Waals surface area (Å²) in [5.41, 5.74) is 3.51. The van der Waals surface area contributed by atoms with Gasteiger partial charge in [-0.3, -0.25) is 19.0 Å². The number of rotatable bonds is 7. The summed E-state index contributed by atoms with van der Waals surface area (Å²) < 4.78 is 16.9. The van der Waals surface area contributed by atoms with E-state index in [-0.39, 0.29) is 42.7 Å². The van der Waals surface area contributed by atoms with Crippen LogP contribution in [0.15, 0.2) is 59.8 Å². The molecule has 0 aliphatic carbocycles. The van der Waals surface area contributed by atoms with Crippen molar-refractivity contribution in [2.75, 3.05) is 18.0 Å². The first kappa shape index (κ1) is 24.4. The number of nitrogens with one attached hydrogen (secondary N) is 1. The maximum Gasteiger partial charge on any atom is 0.264 e. The average molecular weight is 503 g/mol. The molecule has 190 valence electrons. The zero-order valence-electron chi connectivity index (χ0n) is 20.6. The number of carbonyl (C=O) groups excluding carboxylic acids is 2. The van der Waals surface area contributed by atoms with Crippen LogP contribution in [0.1, 0.15) is 23.1 Å². The van der Waals surface area contributed by atoms with Gasteiger partial charge in [-0.25, -0.2) is 14.1 Å². The van der Waals surface area contributed by atoms with Gasteiger partial charge in [-0.2, -0.15) is 5.10 Å². The fourth-order valence-corrected chi connectivity index (χ4v) is 4.54. The number of nitrogens with zero attached hydrogens (tertiary/aromatic N) is 5. The summed E-state index contributed by atoms with van der Waals surface area (Å²) in [6, 6.07) is 12.1. The van der Waals surface area contributed by atoms with Gasteiger partial charge < -0.3 is 10.2 Å². The molecule has 9 nitrogen and oxygen atoms in total. The van der Waals surface area contributed by atoms with E-state index >= 15 is 0 Å². The van der Waals surface area contributed by atoms with Gasteiger partial charge in [-0.15, -0.1) is 0 Å². The van der Waals surface area contributed by atoms with E-state index in [9.17, 15) is 18.8 Å². The maximum atomic E-state index is 14.0. The third kappa shape index (κ3) is 4.87. The second-order valence-electron chi connectivity index (χ2n) is 9.34. The second kappa shape index (κ2) is 9.96. The standard InChI is InChI=1S/C27H27FN6O3/c1-17-7-8-21(11-18(17)2)33-15-20(12-24(33)35)26(36)29-9-10-34-25-22(13-31-34)27(37)32(16-30-25)14-19-5-3-4-6-23(19)28/h3-8,11,13,16,20H,9-10,12,14-15H2,1-2H3,(H,29,36). The molecule has 0 spiro atoms. The van der Waals surface area contributed by atoms with Gasteiger partial charge in [-0.05, 0) is 43.2 Å². The molecule has 1 unspecified atom stereocenters. The number of carbonyl (C=O) groups is 2. The SMILES string of the molecule is Cc1ccc(N2CC(C(=O)NCCn3ncc4c(=O)n(Cc5ccccc5F)cnc43)CC2=O)cc1C. The lowest BCUT2D eigenvalue weighted by Crippen LogP contribution is -2.35. The Hall–Kier alpha value is -4.34. The Balaban J connectivity index is 1.21. The smallest absolute Gasteiger partial charge is 0.264 e. The summed E-state index contributed by atoms with van der Waals surface area (Å²) in [5.74, 6) is -1.09. The lowest BCUT2D eigenvalue weighted by Gasteiger charge is -2.18. The molecule has 1 atom stereocenters. The molecule has 3 heterocycles. The van der Waals surface area contributed by atoms with Crippen molar-refractivity contribution in [1.82, 2.24) is 24.6 Å². The van der Waals surface area contributed by atoms with Crippen LogP contribution in [0, 0.1) is 25.6 Å². The van der Waals surface area contributed by atoms with Gasteiger partial charge in [0.25, 0.3) is 5.56 Å². The number of hydrogen-bond acceptors (Lipinski definition) is 5. The van der Waals surface area contributed by atoms with Gasteiger partial charge >= 0.3 is 0 Å². The molecule has 1 N–H and O–H groups in total. The van der Waals surface area contributed by atoms with Crippen LogP contribution in [-0.4, -0.2) is 44.2 Å². The van der Waals surface area contributed by atoms with Crippen LogP contribution in [0.5, 0.6) is 0 Å². The minimum atomic E-state index is -0.438. The molecule has 4 aromatic rings. The number of amides is 2. The molecule has 1 fully saturated rings. The van der Waals surface area contributed by atoms with Crippen LogP contribution in [0.2, 0.25) is 0 Å². The van der Waals surface area contributed by atoms with E-state index in [0.29, 0.717) is 29.7 Å². The van der Waals surface area contributed by atoms with Crippen LogP contribution in [0.4, 0.5) is 10.1 Å². The zero-order valence-corrected chi connectivity index (χ0v) is 20.6. The number of anilines is 1. The van der Waals surface area contributed by atoms with E-state index in [4.69, 9.17) is 0 Å². The second-order valence-corrected chi connectivity index (χ2v) is 9.34. The highest BCUT2D eigenvalue weighted by Gasteiger charge is 2.35. The number of fused-ring (bicyclic) bond motifs is 1. The van der Waals surface area contributed by atoms with Crippen LogP contribution >= 0.6 is 0 Å². The third-order valence-corrected chi connectivity index (χ3v) is 6.84. The van der Waals surface area contributed by atoms with E-state index in [1.54, 1.807) is 27.8 Å². The Morgan fingerprint density at radius 2 is 1.95 bits per heavy atom. The first-order valence-electron chi connectivity index (χ1n) is 12.1. The van der Waals surface area contributed by atoms with Gasteiger partial charge in [0.1, 0.15) is 17.5 Å². The number of halogens is 1. The molecule has 5 rings (SSSR count). The van der Waals surface area contributed by atoms with Crippen molar-refractivity contribution < 1.29 is 14.0 Å². The summed E-state index contributed by atoms with van der Waals surface area (Å²) in [4.78, 5) is 44.2. The molecular weight excluding hydrogens is 475 g/mol. The molecule has 37 heavy (non-hydrogen) atoms. The first-order chi connectivity index (χ1) is 17.8. The van der Waals surface area contributed by atoms with Gasteiger partial charge in [0, 0.05) is 30.8 Å². The Morgan fingerprint density at radius 3 is 2.73 bits per heavy atom. The zero-order chi connectivity index (χ0) is 26.1. The van der Waals surface area contributed by atoms with E-state index < -0.39 is 5.92 Å². The van der Waals surface area contributed by atoms with E-state index in [1.807, 2.05) is 32.0 Å². The highest BCUT2D eigenvalue weighted by atomic mass is 19.1. The van der Waals surface area contributed by atoms with Crippen molar-refractivity contribution in [2.24, 2.45) is 5.92 Å². The molecule has 0 radical (unpaired) electrons. The minimum Gasteiger partial charge on any atom is -0.354 e. The summed E-state index contributed by atoms with van der Waals surface area (Å²) in [6.45, 7) is 4.98. The van der Waals surface area contributed by atoms with E-state index in [0.717, 1.165) is 16.8 Å². The average Bonchev–Trinajstić information content (AvgIpc) is 3.48. The molecule has 1 saturated heterocycles. The monoisotopic (exact) mass is 502 g/mol. The third-order valence-electron chi connectivity index (χ3n) is 6.84. The summed E-state index contributed by atoms with van der Waals surface area (Å²) >= 11 is 0. The Kier molecular flexibility index (Phi) is 6.56. The molecular formula is C27H27FN6O3. The Bertz CT molecular complexity index is 1560. The molecule has 10 heteroatoms. The van der Waals surface area contributed by atoms with Crippen LogP contribution < -0.4 is 15.8 Å². The van der Waals surface area contributed by atoms with Crippen molar-refractivity contribution in [3.05, 3.63) is 87.9 Å². The number of aryl methyl sites for hydroxylation is 2. The van der Waals surface area contributed by atoms with Crippen molar-refractivity contribution in [3.63, 3.8) is 0 Å². The lowest BCUT2D eigenvalue weighted by atomic mass is 10.1. The normalized spacial score (nSPS) is 15.5. The van der Waals surface area contributed by atoms with Crippen LogP contribution in [0.3, 0.4) is 0 Å². The molecule has 1 aliphatic rings. The van der Waals surface area contributed by atoms with Crippen molar-refractivity contribution in [2.45, 2.75) is 33.4 Å². The van der Waals surface area contributed by atoms with Gasteiger partial charge in [0.15, 0.2) is 5.65 Å². The molecule has 2 aromatic carbocycles. The van der Waals surface area contributed by atoms with Crippen molar-refractivity contribution in [1.29, 1.82) is 0 Å². The summed E-state index contributed by atoms with van der Waals surface area (Å²) in [6.07, 6.45) is 2.97. The molecule has 0 saturated carbocycles. The largest absolute Gasteiger partial charge is 0.354 e.